The zero-order valence-electron chi connectivity index (χ0n) is 20.2. The Bertz CT molecular complexity index is 1390. The molecule has 0 radical (unpaired) electrons. The molecule has 2 aliphatic rings. The molecular formula is C30H22ClN2O4P. The maximum atomic E-state index is 13.5. The van der Waals surface area contributed by atoms with E-state index in [0.717, 1.165) is 10.6 Å². The highest BCUT2D eigenvalue weighted by Gasteiger charge is 2.53. The molecule has 6 nitrogen and oxygen atoms in total. The molecule has 4 aromatic rings. The Labute approximate surface area is 226 Å². The molecule has 0 aromatic heterocycles. The first-order valence-corrected chi connectivity index (χ1v) is 14.1. The van der Waals surface area contributed by atoms with Gasteiger partial charge in [0, 0.05) is 0 Å². The van der Waals surface area contributed by atoms with Crippen LogP contribution in [0.1, 0.15) is 41.4 Å². The Hall–Kier alpha value is -4.12. The molecular weight excluding hydrogens is 519 g/mol. The van der Waals surface area contributed by atoms with Crippen LogP contribution >= 0.6 is 7.26 Å². The summed E-state index contributed by atoms with van der Waals surface area (Å²) in [6, 6.07) is 32.8. The summed E-state index contributed by atoms with van der Waals surface area (Å²) in [5, 5.41) is 1.80. The summed E-state index contributed by atoms with van der Waals surface area (Å²) in [6.07, 6.45) is 0.140. The van der Waals surface area contributed by atoms with Crippen molar-refractivity contribution in [3.05, 3.63) is 131 Å². The van der Waals surface area contributed by atoms with Gasteiger partial charge in [0.25, 0.3) is 23.6 Å². The summed E-state index contributed by atoms with van der Waals surface area (Å²) < 4.78 is 0. The van der Waals surface area contributed by atoms with Gasteiger partial charge in [-0.3, -0.25) is 19.2 Å². The Morgan fingerprint density at radius 3 is 0.974 bits per heavy atom. The normalized spacial score (nSPS) is 14.4. The van der Waals surface area contributed by atoms with Crippen LogP contribution in [-0.4, -0.2) is 46.0 Å². The minimum Gasteiger partial charge on any atom is -1.00 e. The summed E-state index contributed by atoms with van der Waals surface area (Å²) in [5.41, 5.74) is 1.47. The number of amides is 4. The average molecular weight is 541 g/mol. The third-order valence-electron chi connectivity index (χ3n) is 7.02. The summed E-state index contributed by atoms with van der Waals surface area (Å²) in [5.74, 6) is -1.45. The molecule has 2 aliphatic heterocycles. The molecule has 0 spiro atoms. The molecule has 8 heteroatoms. The van der Waals surface area contributed by atoms with Gasteiger partial charge < -0.3 is 12.4 Å². The van der Waals surface area contributed by atoms with Gasteiger partial charge in [0.1, 0.15) is 17.9 Å². The monoisotopic (exact) mass is 540 g/mol. The molecule has 0 bridgehead atoms. The molecule has 0 fully saturated rings. The second-order valence-electron chi connectivity index (χ2n) is 9.09. The van der Waals surface area contributed by atoms with Gasteiger partial charge in [0.2, 0.25) is 0 Å². The summed E-state index contributed by atoms with van der Waals surface area (Å²) in [6.45, 7) is 0. The van der Waals surface area contributed by atoms with E-state index >= 15 is 0 Å². The zero-order valence-corrected chi connectivity index (χ0v) is 21.8. The Morgan fingerprint density at radius 2 is 0.684 bits per heavy atom. The van der Waals surface area contributed by atoms with Gasteiger partial charge in [0.15, 0.2) is 12.6 Å². The Morgan fingerprint density at radius 1 is 0.421 bits per heavy atom. The molecule has 2 heterocycles. The van der Waals surface area contributed by atoms with Crippen LogP contribution in [0.15, 0.2) is 109 Å². The lowest BCUT2D eigenvalue weighted by molar-refractivity contribution is -0.0000506. The summed E-state index contributed by atoms with van der Waals surface area (Å²) in [4.78, 5) is 56.4. The molecule has 0 N–H and O–H groups in total. The predicted octanol–water partition coefficient (Wildman–Crippen LogP) is 1.17. The highest BCUT2D eigenvalue weighted by atomic mass is 35.5. The van der Waals surface area contributed by atoms with Crippen LogP contribution in [0.25, 0.3) is 0 Å². The third-order valence-corrected chi connectivity index (χ3v) is 11.1. The largest absolute Gasteiger partial charge is 1.00 e. The number of carbonyl (C=O) groups excluding carboxylic acids is 4. The number of halogens is 1. The van der Waals surface area contributed by atoms with Gasteiger partial charge >= 0.3 is 0 Å². The van der Waals surface area contributed by atoms with Crippen LogP contribution in [-0.2, 0) is 0 Å². The lowest BCUT2D eigenvalue weighted by Crippen LogP contribution is -3.00. The maximum Gasteiger partial charge on any atom is 0.264 e. The maximum absolute atomic E-state index is 13.5. The van der Waals surface area contributed by atoms with Gasteiger partial charge in [-0.25, -0.2) is 9.80 Å². The van der Waals surface area contributed by atoms with E-state index in [2.05, 4.69) is 0 Å². The van der Waals surface area contributed by atoms with Crippen LogP contribution in [0.2, 0.25) is 0 Å². The fourth-order valence-corrected chi connectivity index (χ4v) is 9.17. The van der Waals surface area contributed by atoms with E-state index < -0.39 is 7.26 Å². The van der Waals surface area contributed by atoms with E-state index in [0.29, 0.717) is 22.3 Å². The lowest BCUT2D eigenvalue weighted by Gasteiger charge is -2.32. The Balaban J connectivity index is 0.00000294. The SMILES string of the molecule is O=C1c2ccccc2C(=O)N1C[P+](CN1C(=O)c2ccccc2C1=O)(c1ccccc1)c1ccccc1.[Cl-]. The second kappa shape index (κ2) is 9.97. The first kappa shape index (κ1) is 25.5. The van der Waals surface area contributed by atoms with Crippen LogP contribution in [0, 0.1) is 0 Å². The van der Waals surface area contributed by atoms with Crippen molar-refractivity contribution >= 4 is 41.5 Å². The van der Waals surface area contributed by atoms with Crippen LogP contribution in [0.5, 0.6) is 0 Å². The molecule has 0 saturated heterocycles. The number of rotatable bonds is 6. The van der Waals surface area contributed by atoms with Gasteiger partial charge in [0.05, 0.1) is 22.3 Å². The molecule has 0 saturated carbocycles. The number of imide groups is 2. The Kier molecular flexibility index (Phi) is 6.70. The van der Waals surface area contributed by atoms with Gasteiger partial charge in [-0.15, -0.1) is 0 Å². The van der Waals surface area contributed by atoms with E-state index in [4.69, 9.17) is 0 Å². The molecule has 6 rings (SSSR count). The standard InChI is InChI=1S/C30H22N2O4P.ClH/c33-27-23-15-7-8-16-24(23)28(34)31(27)19-37(21-11-3-1-4-12-21,22-13-5-2-6-14-22)20-32-29(35)25-17-9-10-18-26(25)30(32)36;/h1-18H,19-20H2;1H/q+1;/p-1. The van der Waals surface area contributed by atoms with E-state index in [-0.39, 0.29) is 48.6 Å². The number of nitrogens with zero attached hydrogens (tertiary/aromatic N) is 2. The van der Waals surface area contributed by atoms with Crippen molar-refractivity contribution < 1.29 is 31.6 Å². The molecule has 0 aliphatic carbocycles. The van der Waals surface area contributed by atoms with E-state index in [1.165, 1.54) is 9.80 Å². The van der Waals surface area contributed by atoms with E-state index in [1.54, 1.807) is 48.5 Å². The van der Waals surface area contributed by atoms with Crippen molar-refractivity contribution in [3.63, 3.8) is 0 Å². The molecule has 4 aromatic carbocycles. The second-order valence-corrected chi connectivity index (χ2v) is 12.6. The van der Waals surface area contributed by atoms with E-state index in [9.17, 15) is 19.2 Å². The average Bonchev–Trinajstić information content (AvgIpc) is 3.34. The van der Waals surface area contributed by atoms with Crippen molar-refractivity contribution in [3.8, 4) is 0 Å². The molecule has 0 unspecified atom stereocenters. The number of carbonyl (C=O) groups is 4. The number of hydrogen-bond acceptors (Lipinski definition) is 4. The van der Waals surface area contributed by atoms with Crippen molar-refractivity contribution in [2.75, 3.05) is 12.6 Å². The number of benzene rings is 4. The molecule has 0 atom stereocenters. The quantitative estimate of drug-likeness (QED) is 0.272. The van der Waals surface area contributed by atoms with Gasteiger partial charge in [-0.1, -0.05) is 60.7 Å². The summed E-state index contributed by atoms with van der Waals surface area (Å²) >= 11 is 0. The van der Waals surface area contributed by atoms with Crippen molar-refractivity contribution in [2.45, 2.75) is 0 Å². The first-order valence-electron chi connectivity index (χ1n) is 11.9. The number of fused-ring (bicyclic) bond motifs is 2. The fraction of sp³-hybridized carbons (Fsp3) is 0.0667. The molecule has 188 valence electrons. The minimum absolute atomic E-state index is 0. The van der Waals surface area contributed by atoms with E-state index in [1.807, 2.05) is 60.7 Å². The molecule has 38 heavy (non-hydrogen) atoms. The molecule has 4 amide bonds. The highest BCUT2D eigenvalue weighted by Crippen LogP contribution is 2.58. The first-order chi connectivity index (χ1) is 18.0. The fourth-order valence-electron chi connectivity index (χ4n) is 5.17. The summed E-state index contributed by atoms with van der Waals surface area (Å²) in [7, 11) is -2.74. The topological polar surface area (TPSA) is 74.8 Å². The lowest BCUT2D eigenvalue weighted by atomic mass is 10.1. The van der Waals surface area contributed by atoms with Crippen LogP contribution in [0.3, 0.4) is 0 Å². The smallest absolute Gasteiger partial charge is 0.264 e. The van der Waals surface area contributed by atoms with Crippen molar-refractivity contribution in [1.29, 1.82) is 0 Å². The highest BCUT2D eigenvalue weighted by molar-refractivity contribution is 7.89. The van der Waals surface area contributed by atoms with Crippen LogP contribution < -0.4 is 23.0 Å². The zero-order chi connectivity index (χ0) is 25.6. The number of hydrogen-bond donors (Lipinski definition) is 0. The van der Waals surface area contributed by atoms with Gasteiger partial charge in [-0.2, -0.15) is 0 Å². The predicted molar refractivity (Wildman–Crippen MR) is 143 cm³/mol. The van der Waals surface area contributed by atoms with Crippen molar-refractivity contribution in [1.82, 2.24) is 9.80 Å². The van der Waals surface area contributed by atoms with Crippen LogP contribution in [0.4, 0.5) is 0 Å². The minimum atomic E-state index is -2.74. The van der Waals surface area contributed by atoms with Gasteiger partial charge in [-0.05, 0) is 48.5 Å². The third kappa shape index (κ3) is 3.94. The van der Waals surface area contributed by atoms with Crippen molar-refractivity contribution in [2.24, 2.45) is 0 Å².